The molecule has 0 spiro atoms. The lowest BCUT2D eigenvalue weighted by Gasteiger charge is -2.31. The molecule has 0 aliphatic carbocycles. The zero-order chi connectivity index (χ0) is 23.6. The van der Waals surface area contributed by atoms with Gasteiger partial charge in [0.15, 0.2) is 18.2 Å². The zero-order valence-electron chi connectivity index (χ0n) is 18.3. The minimum absolute atomic E-state index is 0.0186. The van der Waals surface area contributed by atoms with Crippen LogP contribution in [0.25, 0.3) is 0 Å². The molecule has 3 aromatic carbocycles. The van der Waals surface area contributed by atoms with E-state index in [1.807, 2.05) is 37.3 Å². The highest BCUT2D eigenvalue weighted by Gasteiger charge is 2.30. The van der Waals surface area contributed by atoms with Gasteiger partial charge in [-0.1, -0.05) is 66.2 Å². The van der Waals surface area contributed by atoms with Crippen LogP contribution in [0.3, 0.4) is 0 Å². The molecule has 0 saturated heterocycles. The number of nitrogens with one attached hydrogen (secondary N) is 1. The Kier molecular flexibility index (Phi) is 8.84. The molecule has 3 rings (SSSR count). The molecular weight excluding hydrogens is 443 g/mol. The summed E-state index contributed by atoms with van der Waals surface area (Å²) in [7, 11) is 0. The van der Waals surface area contributed by atoms with E-state index in [1.165, 1.54) is 17.0 Å². The summed E-state index contributed by atoms with van der Waals surface area (Å²) in [6, 6.07) is 21.7. The van der Waals surface area contributed by atoms with Crippen molar-refractivity contribution in [3.05, 3.63) is 101 Å². The first-order chi connectivity index (χ1) is 16.0. The normalized spacial score (nSPS) is 11.5. The third-order valence-corrected chi connectivity index (χ3v) is 5.33. The third-order valence-electron chi connectivity index (χ3n) is 5.08. The van der Waals surface area contributed by atoms with Gasteiger partial charge in [-0.05, 0) is 42.3 Å². The Morgan fingerprint density at radius 3 is 2.30 bits per heavy atom. The molecule has 0 aromatic heterocycles. The van der Waals surface area contributed by atoms with Crippen LogP contribution in [0.5, 0.6) is 5.75 Å². The SMILES string of the molecule is CCNC(=O)[C@@H](Cc1ccccc1)N(Cc1ccc(Cl)cc1)C(=O)COc1ccccc1F. The summed E-state index contributed by atoms with van der Waals surface area (Å²) in [6.07, 6.45) is 0.325. The van der Waals surface area contributed by atoms with Crippen molar-refractivity contribution in [3.8, 4) is 5.75 Å². The number of carbonyl (C=O) groups is 2. The number of rotatable bonds is 10. The maximum absolute atomic E-state index is 14.0. The largest absolute Gasteiger partial charge is 0.481 e. The molecule has 0 fully saturated rings. The van der Waals surface area contributed by atoms with Crippen LogP contribution in [0.4, 0.5) is 4.39 Å². The monoisotopic (exact) mass is 468 g/mol. The van der Waals surface area contributed by atoms with Crippen molar-refractivity contribution >= 4 is 23.4 Å². The summed E-state index contributed by atoms with van der Waals surface area (Å²) >= 11 is 6.00. The molecule has 0 aliphatic heterocycles. The van der Waals surface area contributed by atoms with Crippen molar-refractivity contribution < 1.29 is 18.7 Å². The Morgan fingerprint density at radius 1 is 0.970 bits per heavy atom. The van der Waals surface area contributed by atoms with Gasteiger partial charge in [0.1, 0.15) is 6.04 Å². The van der Waals surface area contributed by atoms with E-state index in [4.69, 9.17) is 16.3 Å². The summed E-state index contributed by atoms with van der Waals surface area (Å²) in [6.45, 7) is 2.02. The number of carbonyl (C=O) groups excluding carboxylic acids is 2. The van der Waals surface area contributed by atoms with Crippen molar-refractivity contribution in [2.45, 2.75) is 25.9 Å². The van der Waals surface area contributed by atoms with Crippen molar-refractivity contribution in [3.63, 3.8) is 0 Å². The first-order valence-corrected chi connectivity index (χ1v) is 11.1. The first kappa shape index (κ1) is 24.3. The maximum atomic E-state index is 14.0. The molecule has 5 nitrogen and oxygen atoms in total. The van der Waals surface area contributed by atoms with Gasteiger partial charge < -0.3 is 15.0 Å². The molecule has 172 valence electrons. The molecular formula is C26H26ClFN2O3. The van der Waals surface area contributed by atoms with E-state index in [-0.39, 0.29) is 18.2 Å². The van der Waals surface area contributed by atoms with Crippen molar-refractivity contribution in [2.75, 3.05) is 13.2 Å². The first-order valence-electron chi connectivity index (χ1n) is 10.7. The molecule has 0 radical (unpaired) electrons. The number of hydrogen-bond donors (Lipinski definition) is 1. The predicted octanol–water partition coefficient (Wildman–Crippen LogP) is 4.63. The molecule has 0 aliphatic rings. The van der Waals surface area contributed by atoms with Gasteiger partial charge in [-0.25, -0.2) is 4.39 Å². The van der Waals surface area contributed by atoms with Gasteiger partial charge in [-0.15, -0.1) is 0 Å². The summed E-state index contributed by atoms with van der Waals surface area (Å²) in [5.74, 6) is -1.27. The van der Waals surface area contributed by atoms with E-state index in [9.17, 15) is 14.0 Å². The molecule has 0 heterocycles. The van der Waals surface area contributed by atoms with E-state index >= 15 is 0 Å². The van der Waals surface area contributed by atoms with E-state index in [2.05, 4.69) is 5.32 Å². The van der Waals surface area contributed by atoms with Gasteiger partial charge in [0, 0.05) is 24.5 Å². The van der Waals surface area contributed by atoms with Crippen LogP contribution in [0.15, 0.2) is 78.9 Å². The van der Waals surface area contributed by atoms with Crippen LogP contribution in [0, 0.1) is 5.82 Å². The lowest BCUT2D eigenvalue weighted by Crippen LogP contribution is -2.51. The number of likely N-dealkylation sites (N-methyl/N-ethyl adjacent to an activating group) is 1. The fourth-order valence-electron chi connectivity index (χ4n) is 3.42. The second-order valence-corrected chi connectivity index (χ2v) is 7.90. The highest BCUT2D eigenvalue weighted by Crippen LogP contribution is 2.19. The zero-order valence-corrected chi connectivity index (χ0v) is 19.1. The fourth-order valence-corrected chi connectivity index (χ4v) is 3.54. The smallest absolute Gasteiger partial charge is 0.261 e. The molecule has 0 bridgehead atoms. The quantitative estimate of drug-likeness (QED) is 0.472. The molecule has 33 heavy (non-hydrogen) atoms. The minimum Gasteiger partial charge on any atom is -0.481 e. The Morgan fingerprint density at radius 2 is 1.64 bits per heavy atom. The third kappa shape index (κ3) is 7.05. The Balaban J connectivity index is 1.89. The highest BCUT2D eigenvalue weighted by atomic mass is 35.5. The highest BCUT2D eigenvalue weighted by molar-refractivity contribution is 6.30. The number of amides is 2. The van der Waals surface area contributed by atoms with Crippen LogP contribution in [-0.2, 0) is 22.6 Å². The van der Waals surface area contributed by atoms with Crippen LogP contribution in [-0.4, -0.2) is 35.9 Å². The van der Waals surface area contributed by atoms with Gasteiger partial charge in [0.2, 0.25) is 5.91 Å². The molecule has 1 N–H and O–H groups in total. The van der Waals surface area contributed by atoms with Gasteiger partial charge in [-0.2, -0.15) is 0 Å². The number of halogens is 2. The Hall–Kier alpha value is -3.38. The van der Waals surface area contributed by atoms with Gasteiger partial charge >= 0.3 is 0 Å². The van der Waals surface area contributed by atoms with Gasteiger partial charge in [0.25, 0.3) is 5.91 Å². The Bertz CT molecular complexity index is 1060. The number of ether oxygens (including phenoxy) is 1. The maximum Gasteiger partial charge on any atom is 0.261 e. The fraction of sp³-hybridized carbons (Fsp3) is 0.231. The molecule has 2 amide bonds. The summed E-state index contributed by atoms with van der Waals surface area (Å²) in [5.41, 5.74) is 1.72. The Labute approximate surface area is 198 Å². The molecule has 1 atom stereocenters. The standard InChI is InChI=1S/C26H26ClFN2O3/c1-2-29-26(32)23(16-19-8-4-3-5-9-19)30(17-20-12-14-21(27)15-13-20)25(31)18-33-24-11-7-6-10-22(24)28/h3-15,23H,2,16-18H2,1H3,(H,29,32)/t23-/m1/s1. The molecule has 7 heteroatoms. The predicted molar refractivity (Wildman–Crippen MR) is 127 cm³/mol. The minimum atomic E-state index is -0.778. The lowest BCUT2D eigenvalue weighted by molar-refractivity contribution is -0.142. The van der Waals surface area contributed by atoms with Crippen LogP contribution < -0.4 is 10.1 Å². The van der Waals surface area contributed by atoms with Crippen molar-refractivity contribution in [1.82, 2.24) is 10.2 Å². The second kappa shape index (κ2) is 12.0. The summed E-state index contributed by atoms with van der Waals surface area (Å²) in [4.78, 5) is 27.8. The molecule has 0 unspecified atom stereocenters. The lowest BCUT2D eigenvalue weighted by atomic mass is 10.0. The number of benzene rings is 3. The number of para-hydroxylation sites is 1. The van der Waals surface area contributed by atoms with Crippen LogP contribution in [0.2, 0.25) is 5.02 Å². The van der Waals surface area contributed by atoms with E-state index in [1.54, 1.807) is 36.4 Å². The molecule has 0 saturated carbocycles. The van der Waals surface area contributed by atoms with E-state index in [0.29, 0.717) is 18.0 Å². The average Bonchev–Trinajstić information content (AvgIpc) is 2.82. The number of hydrogen-bond acceptors (Lipinski definition) is 3. The van der Waals surface area contributed by atoms with Crippen LogP contribution >= 0.6 is 11.6 Å². The number of nitrogens with zero attached hydrogens (tertiary/aromatic N) is 1. The van der Waals surface area contributed by atoms with E-state index in [0.717, 1.165) is 11.1 Å². The van der Waals surface area contributed by atoms with Crippen molar-refractivity contribution in [1.29, 1.82) is 0 Å². The van der Waals surface area contributed by atoms with Gasteiger partial charge in [-0.3, -0.25) is 9.59 Å². The van der Waals surface area contributed by atoms with Crippen LogP contribution in [0.1, 0.15) is 18.1 Å². The van der Waals surface area contributed by atoms with E-state index < -0.39 is 24.4 Å². The van der Waals surface area contributed by atoms with Crippen molar-refractivity contribution in [2.24, 2.45) is 0 Å². The topological polar surface area (TPSA) is 58.6 Å². The summed E-state index contributed by atoms with van der Waals surface area (Å²) < 4.78 is 19.4. The summed E-state index contributed by atoms with van der Waals surface area (Å²) in [5, 5.41) is 3.40. The van der Waals surface area contributed by atoms with Gasteiger partial charge in [0.05, 0.1) is 0 Å². The molecule has 3 aromatic rings. The second-order valence-electron chi connectivity index (χ2n) is 7.47. The average molecular weight is 469 g/mol.